The van der Waals surface area contributed by atoms with Crippen LogP contribution in [0, 0.1) is 6.92 Å². The maximum absolute atomic E-state index is 12.4. The summed E-state index contributed by atoms with van der Waals surface area (Å²) in [5, 5.41) is 16.3. The lowest BCUT2D eigenvalue weighted by Gasteiger charge is -2.35. The number of hydrogen-bond donors (Lipinski definition) is 3. The molecule has 1 saturated heterocycles. The molecule has 1 aliphatic rings. The molecular formula is C16H24N2O3. The summed E-state index contributed by atoms with van der Waals surface area (Å²) >= 11 is 0. The molecule has 1 unspecified atom stereocenters. The third-order valence-electron chi connectivity index (χ3n) is 4.22. The van der Waals surface area contributed by atoms with Crippen LogP contribution >= 0.6 is 0 Å². The highest BCUT2D eigenvalue weighted by molar-refractivity contribution is 5.85. The van der Waals surface area contributed by atoms with Crippen molar-refractivity contribution in [1.82, 2.24) is 10.6 Å². The molecule has 116 valence electrons. The first-order valence-corrected chi connectivity index (χ1v) is 7.37. The van der Waals surface area contributed by atoms with Gasteiger partial charge in [-0.25, -0.2) is 0 Å². The molecule has 2 rings (SSSR count). The van der Waals surface area contributed by atoms with Crippen LogP contribution in [0.4, 0.5) is 0 Å². The minimum absolute atomic E-state index is 0.140. The Bertz CT molecular complexity index is 484. The van der Waals surface area contributed by atoms with Crippen molar-refractivity contribution in [2.75, 3.05) is 26.7 Å². The highest BCUT2D eigenvalue weighted by Gasteiger charge is 2.39. The second-order valence-corrected chi connectivity index (χ2v) is 5.53. The Hall–Kier alpha value is -1.43. The topological polar surface area (TPSA) is 70.6 Å². The maximum Gasteiger partial charge on any atom is 0.252 e. The summed E-state index contributed by atoms with van der Waals surface area (Å²) < 4.78 is 5.47. The number of benzene rings is 1. The van der Waals surface area contributed by atoms with E-state index in [1.54, 1.807) is 7.11 Å². The van der Waals surface area contributed by atoms with Gasteiger partial charge in [-0.15, -0.1) is 0 Å². The van der Waals surface area contributed by atoms with Gasteiger partial charge in [0, 0.05) is 13.7 Å². The van der Waals surface area contributed by atoms with Gasteiger partial charge in [-0.05, 0) is 44.0 Å². The predicted molar refractivity (Wildman–Crippen MR) is 81.0 cm³/mol. The zero-order chi connectivity index (χ0) is 15.3. The molecule has 1 aromatic carbocycles. The van der Waals surface area contributed by atoms with Crippen LogP contribution in [0.1, 0.15) is 30.1 Å². The molecule has 0 aliphatic carbocycles. The van der Waals surface area contributed by atoms with Crippen molar-refractivity contribution in [3.63, 3.8) is 0 Å². The maximum atomic E-state index is 12.4. The Morgan fingerprint density at radius 2 is 2.10 bits per heavy atom. The van der Waals surface area contributed by atoms with E-state index in [0.29, 0.717) is 12.8 Å². The van der Waals surface area contributed by atoms with E-state index >= 15 is 0 Å². The fraction of sp³-hybridized carbons (Fsp3) is 0.562. The normalized spacial score (nSPS) is 19.0. The minimum Gasteiger partial charge on any atom is -0.387 e. The quantitative estimate of drug-likeness (QED) is 0.754. The van der Waals surface area contributed by atoms with E-state index in [4.69, 9.17) is 4.74 Å². The van der Waals surface area contributed by atoms with Gasteiger partial charge < -0.3 is 20.5 Å². The first-order chi connectivity index (χ1) is 10.1. The van der Waals surface area contributed by atoms with Gasteiger partial charge in [0.15, 0.2) is 0 Å². The highest BCUT2D eigenvalue weighted by atomic mass is 16.5. The summed E-state index contributed by atoms with van der Waals surface area (Å²) in [4.78, 5) is 12.4. The summed E-state index contributed by atoms with van der Waals surface area (Å²) in [5.41, 5.74) is 1.09. The SMILES string of the molecule is COC1(C(=O)NCC(O)c2ccccc2C)CCNCC1. The van der Waals surface area contributed by atoms with Gasteiger partial charge in [0.05, 0.1) is 6.10 Å². The van der Waals surface area contributed by atoms with Gasteiger partial charge in [0.1, 0.15) is 5.60 Å². The highest BCUT2D eigenvalue weighted by Crippen LogP contribution is 2.23. The van der Waals surface area contributed by atoms with Crippen LogP contribution in [0.3, 0.4) is 0 Å². The summed E-state index contributed by atoms with van der Waals surface area (Å²) in [6.07, 6.45) is 0.594. The zero-order valence-corrected chi connectivity index (χ0v) is 12.7. The van der Waals surface area contributed by atoms with Crippen molar-refractivity contribution in [3.05, 3.63) is 35.4 Å². The fourth-order valence-electron chi connectivity index (χ4n) is 2.78. The van der Waals surface area contributed by atoms with Gasteiger partial charge in [0.2, 0.25) is 0 Å². The number of aryl methyl sites for hydroxylation is 1. The minimum atomic E-state index is -0.767. The van der Waals surface area contributed by atoms with E-state index in [2.05, 4.69) is 10.6 Å². The van der Waals surface area contributed by atoms with Gasteiger partial charge in [-0.2, -0.15) is 0 Å². The van der Waals surface area contributed by atoms with E-state index in [-0.39, 0.29) is 12.5 Å². The van der Waals surface area contributed by atoms with Gasteiger partial charge in [0.25, 0.3) is 5.91 Å². The molecule has 0 aromatic heterocycles. The van der Waals surface area contributed by atoms with Crippen LogP contribution in [-0.4, -0.2) is 43.4 Å². The molecule has 5 nitrogen and oxygen atoms in total. The molecule has 5 heteroatoms. The van der Waals surface area contributed by atoms with Crippen molar-refractivity contribution in [2.45, 2.75) is 31.5 Å². The number of carbonyl (C=O) groups excluding carboxylic acids is 1. The van der Waals surface area contributed by atoms with Crippen LogP contribution in [-0.2, 0) is 9.53 Å². The number of piperidine rings is 1. The van der Waals surface area contributed by atoms with E-state index < -0.39 is 11.7 Å². The van der Waals surface area contributed by atoms with Crippen LogP contribution in [0.5, 0.6) is 0 Å². The van der Waals surface area contributed by atoms with Crippen LogP contribution in [0.25, 0.3) is 0 Å². The smallest absolute Gasteiger partial charge is 0.252 e. The molecule has 1 atom stereocenters. The van der Waals surface area contributed by atoms with Crippen LogP contribution in [0.2, 0.25) is 0 Å². The average molecular weight is 292 g/mol. The fourth-order valence-corrected chi connectivity index (χ4v) is 2.78. The number of amides is 1. The molecule has 21 heavy (non-hydrogen) atoms. The van der Waals surface area contributed by atoms with Crippen molar-refractivity contribution < 1.29 is 14.6 Å². The van der Waals surface area contributed by atoms with Crippen molar-refractivity contribution in [1.29, 1.82) is 0 Å². The summed E-state index contributed by atoms with van der Waals surface area (Å²) in [6.45, 7) is 3.68. The lowest BCUT2D eigenvalue weighted by Crippen LogP contribution is -2.54. The lowest BCUT2D eigenvalue weighted by molar-refractivity contribution is -0.147. The van der Waals surface area contributed by atoms with Gasteiger partial charge in [-0.1, -0.05) is 24.3 Å². The molecule has 1 heterocycles. The number of hydrogen-bond acceptors (Lipinski definition) is 4. The van der Waals surface area contributed by atoms with E-state index in [9.17, 15) is 9.90 Å². The number of ether oxygens (including phenoxy) is 1. The molecule has 1 aromatic rings. The molecule has 1 fully saturated rings. The number of nitrogens with one attached hydrogen (secondary N) is 2. The monoisotopic (exact) mass is 292 g/mol. The van der Waals surface area contributed by atoms with Crippen LogP contribution < -0.4 is 10.6 Å². The predicted octanol–water partition coefficient (Wildman–Crippen LogP) is 0.913. The van der Waals surface area contributed by atoms with Crippen molar-refractivity contribution >= 4 is 5.91 Å². The largest absolute Gasteiger partial charge is 0.387 e. The number of methoxy groups -OCH3 is 1. The Kier molecular flexibility index (Phi) is 5.33. The van der Waals surface area contributed by atoms with Crippen LogP contribution in [0.15, 0.2) is 24.3 Å². The van der Waals surface area contributed by atoms with E-state index in [1.807, 2.05) is 31.2 Å². The molecule has 3 N–H and O–H groups in total. The summed E-state index contributed by atoms with van der Waals surface area (Å²) in [5.74, 6) is -0.140. The van der Waals surface area contributed by atoms with E-state index in [0.717, 1.165) is 24.2 Å². The number of carbonyl (C=O) groups is 1. The second-order valence-electron chi connectivity index (χ2n) is 5.53. The van der Waals surface area contributed by atoms with Gasteiger partial charge in [-0.3, -0.25) is 4.79 Å². The summed E-state index contributed by atoms with van der Waals surface area (Å²) in [7, 11) is 1.57. The first-order valence-electron chi connectivity index (χ1n) is 7.37. The first kappa shape index (κ1) is 15.9. The van der Waals surface area contributed by atoms with Gasteiger partial charge >= 0.3 is 0 Å². The molecule has 0 saturated carbocycles. The lowest BCUT2D eigenvalue weighted by atomic mass is 9.91. The summed E-state index contributed by atoms with van der Waals surface area (Å²) in [6, 6.07) is 7.64. The molecule has 1 amide bonds. The van der Waals surface area contributed by atoms with Crippen molar-refractivity contribution in [3.8, 4) is 0 Å². The Morgan fingerprint density at radius 3 is 2.71 bits per heavy atom. The molecule has 0 bridgehead atoms. The second kappa shape index (κ2) is 7.02. The number of aliphatic hydroxyl groups excluding tert-OH is 1. The molecule has 0 spiro atoms. The molecule has 1 aliphatic heterocycles. The molecule has 0 radical (unpaired) electrons. The third-order valence-corrected chi connectivity index (χ3v) is 4.22. The Morgan fingerprint density at radius 1 is 1.43 bits per heavy atom. The number of aliphatic hydroxyl groups is 1. The average Bonchev–Trinajstić information content (AvgIpc) is 2.53. The molecular weight excluding hydrogens is 268 g/mol. The van der Waals surface area contributed by atoms with Crippen molar-refractivity contribution in [2.24, 2.45) is 0 Å². The third kappa shape index (κ3) is 3.61. The van der Waals surface area contributed by atoms with E-state index in [1.165, 1.54) is 0 Å². The zero-order valence-electron chi connectivity index (χ0n) is 12.7. The Labute approximate surface area is 125 Å². The standard InChI is InChI=1S/C16H24N2O3/c1-12-5-3-4-6-13(12)14(19)11-18-15(20)16(21-2)7-9-17-10-8-16/h3-6,14,17,19H,7-11H2,1-2H3,(H,18,20). The number of rotatable bonds is 5. The Balaban J connectivity index is 1.95.